The third-order valence-corrected chi connectivity index (χ3v) is 3.47. The Morgan fingerprint density at radius 1 is 1.60 bits per heavy atom. The van der Waals surface area contributed by atoms with Gasteiger partial charge in [-0.1, -0.05) is 13.3 Å². The summed E-state index contributed by atoms with van der Waals surface area (Å²) in [4.78, 5) is 11.3. The second kappa shape index (κ2) is 4.49. The van der Waals surface area contributed by atoms with E-state index in [9.17, 15) is 15.0 Å². The molecule has 1 heterocycles. The average Bonchev–Trinajstić information content (AvgIpc) is 2.18. The molecule has 1 aliphatic rings. The van der Waals surface area contributed by atoms with Crippen molar-refractivity contribution in [3.63, 3.8) is 0 Å². The highest BCUT2D eigenvalue weighted by atomic mass is 16.5. The molecule has 0 saturated carbocycles. The number of carbonyl (C=O) groups is 1. The smallest absolute Gasteiger partial charge is 0.312 e. The Morgan fingerprint density at radius 2 is 2.27 bits per heavy atom. The molecule has 1 rings (SSSR count). The van der Waals surface area contributed by atoms with Gasteiger partial charge < -0.3 is 14.9 Å². The van der Waals surface area contributed by atoms with Crippen LogP contribution in [0.15, 0.2) is 0 Å². The van der Waals surface area contributed by atoms with Crippen LogP contribution in [0.4, 0.5) is 0 Å². The minimum absolute atomic E-state index is 0.135. The highest BCUT2D eigenvalue weighted by Gasteiger charge is 2.52. The third-order valence-electron chi connectivity index (χ3n) is 3.47. The largest absolute Gasteiger partial charge is 0.481 e. The number of ether oxygens (including phenoxy) is 1. The number of rotatable bonds is 4. The van der Waals surface area contributed by atoms with Crippen LogP contribution in [0, 0.1) is 5.41 Å². The van der Waals surface area contributed by atoms with Gasteiger partial charge in [0.25, 0.3) is 0 Å². The Kier molecular flexibility index (Phi) is 3.73. The summed E-state index contributed by atoms with van der Waals surface area (Å²) in [7, 11) is 0. The van der Waals surface area contributed by atoms with Crippen molar-refractivity contribution in [3.05, 3.63) is 0 Å². The molecule has 0 amide bonds. The van der Waals surface area contributed by atoms with Crippen molar-refractivity contribution in [3.8, 4) is 0 Å². The Balaban J connectivity index is 2.90. The summed E-state index contributed by atoms with van der Waals surface area (Å²) in [6.07, 6.45) is 2.45. The molecule has 0 aromatic rings. The number of hydrogen-bond donors (Lipinski definition) is 2. The lowest BCUT2D eigenvalue weighted by Crippen LogP contribution is -2.56. The Labute approximate surface area is 90.2 Å². The first-order chi connectivity index (χ1) is 6.96. The number of hydrogen-bond acceptors (Lipinski definition) is 3. The molecule has 88 valence electrons. The van der Waals surface area contributed by atoms with Gasteiger partial charge in [-0.15, -0.1) is 0 Å². The van der Waals surface area contributed by atoms with Crippen molar-refractivity contribution >= 4 is 5.97 Å². The van der Waals surface area contributed by atoms with Gasteiger partial charge in [0.05, 0.1) is 12.0 Å². The second-order valence-electron chi connectivity index (χ2n) is 4.57. The fraction of sp³-hybridized carbons (Fsp3) is 0.909. The van der Waals surface area contributed by atoms with Crippen LogP contribution in [0.3, 0.4) is 0 Å². The summed E-state index contributed by atoms with van der Waals surface area (Å²) in [6, 6.07) is 0. The summed E-state index contributed by atoms with van der Waals surface area (Å²) in [5, 5.41) is 19.7. The third kappa shape index (κ3) is 2.16. The van der Waals surface area contributed by atoms with Crippen LogP contribution in [-0.4, -0.2) is 35.0 Å². The molecule has 0 aromatic carbocycles. The van der Waals surface area contributed by atoms with E-state index < -0.39 is 17.0 Å². The van der Waals surface area contributed by atoms with E-state index in [-0.39, 0.29) is 6.61 Å². The molecular formula is C11H20O4. The summed E-state index contributed by atoms with van der Waals surface area (Å²) in [5.74, 6) is -0.933. The molecular weight excluding hydrogens is 196 g/mol. The number of carboxylic acids is 1. The molecule has 4 heteroatoms. The molecule has 1 fully saturated rings. The molecule has 1 saturated heterocycles. The maximum absolute atomic E-state index is 11.3. The van der Waals surface area contributed by atoms with Crippen LogP contribution >= 0.6 is 0 Å². The van der Waals surface area contributed by atoms with Gasteiger partial charge in [-0.3, -0.25) is 4.79 Å². The summed E-state index contributed by atoms with van der Waals surface area (Å²) in [6.45, 7) is 4.29. The summed E-state index contributed by atoms with van der Waals surface area (Å²) < 4.78 is 5.21. The molecule has 2 atom stereocenters. The molecule has 0 bridgehead atoms. The zero-order valence-electron chi connectivity index (χ0n) is 9.45. The molecule has 2 unspecified atom stereocenters. The Bertz CT molecular complexity index is 233. The van der Waals surface area contributed by atoms with Crippen molar-refractivity contribution in [1.29, 1.82) is 0 Å². The highest BCUT2D eigenvalue weighted by molar-refractivity contribution is 5.76. The Hall–Kier alpha value is -0.610. The molecule has 0 radical (unpaired) electrons. The zero-order valence-corrected chi connectivity index (χ0v) is 9.45. The van der Waals surface area contributed by atoms with Gasteiger partial charge in [0.1, 0.15) is 5.60 Å². The summed E-state index contributed by atoms with van der Waals surface area (Å²) >= 11 is 0. The molecule has 0 aromatic heterocycles. The van der Waals surface area contributed by atoms with E-state index in [1.165, 1.54) is 0 Å². The predicted octanol–water partition coefficient (Wildman–Crippen LogP) is 1.42. The van der Waals surface area contributed by atoms with Crippen LogP contribution < -0.4 is 0 Å². The monoisotopic (exact) mass is 216 g/mol. The lowest BCUT2D eigenvalue weighted by Gasteiger charge is -2.44. The number of aliphatic hydroxyl groups is 1. The van der Waals surface area contributed by atoms with E-state index >= 15 is 0 Å². The molecule has 15 heavy (non-hydrogen) atoms. The van der Waals surface area contributed by atoms with Gasteiger partial charge in [0, 0.05) is 6.61 Å². The van der Waals surface area contributed by atoms with Crippen LogP contribution in [0.2, 0.25) is 0 Å². The van der Waals surface area contributed by atoms with Crippen LogP contribution in [0.25, 0.3) is 0 Å². The van der Waals surface area contributed by atoms with Crippen LogP contribution in [0.1, 0.15) is 39.5 Å². The van der Waals surface area contributed by atoms with E-state index in [2.05, 4.69) is 0 Å². The molecule has 2 N–H and O–H groups in total. The van der Waals surface area contributed by atoms with Crippen molar-refractivity contribution in [1.82, 2.24) is 0 Å². The predicted molar refractivity (Wildman–Crippen MR) is 55.7 cm³/mol. The first-order valence-electron chi connectivity index (χ1n) is 5.50. The van der Waals surface area contributed by atoms with E-state index in [4.69, 9.17) is 4.74 Å². The maximum Gasteiger partial charge on any atom is 0.312 e. The van der Waals surface area contributed by atoms with E-state index in [0.717, 1.165) is 12.8 Å². The molecule has 0 aliphatic carbocycles. The van der Waals surface area contributed by atoms with Gasteiger partial charge in [0.15, 0.2) is 0 Å². The van der Waals surface area contributed by atoms with Gasteiger partial charge >= 0.3 is 5.97 Å². The van der Waals surface area contributed by atoms with E-state index in [1.54, 1.807) is 6.92 Å². The van der Waals surface area contributed by atoms with E-state index in [1.807, 2.05) is 6.92 Å². The minimum Gasteiger partial charge on any atom is -0.481 e. The van der Waals surface area contributed by atoms with E-state index in [0.29, 0.717) is 19.4 Å². The van der Waals surface area contributed by atoms with Gasteiger partial charge in [0.2, 0.25) is 0 Å². The van der Waals surface area contributed by atoms with Crippen molar-refractivity contribution in [2.75, 3.05) is 13.2 Å². The quantitative estimate of drug-likeness (QED) is 0.745. The molecule has 4 nitrogen and oxygen atoms in total. The van der Waals surface area contributed by atoms with Crippen LogP contribution in [-0.2, 0) is 9.53 Å². The average molecular weight is 216 g/mol. The summed E-state index contributed by atoms with van der Waals surface area (Å²) in [5.41, 5.74) is -2.31. The van der Waals surface area contributed by atoms with Gasteiger partial charge in [-0.2, -0.15) is 0 Å². The standard InChI is InChI=1S/C11H20O4/c1-3-5-10(2,9(12)13)11(14)6-4-7-15-8-11/h14H,3-8H2,1-2H3,(H,12,13). The van der Waals surface area contributed by atoms with Gasteiger partial charge in [-0.05, 0) is 26.2 Å². The van der Waals surface area contributed by atoms with Crippen LogP contribution in [0.5, 0.6) is 0 Å². The number of carboxylic acid groups (broad SMARTS) is 1. The Morgan fingerprint density at radius 3 is 2.67 bits per heavy atom. The maximum atomic E-state index is 11.3. The van der Waals surface area contributed by atoms with Gasteiger partial charge in [-0.25, -0.2) is 0 Å². The topological polar surface area (TPSA) is 66.8 Å². The normalized spacial score (nSPS) is 30.9. The van der Waals surface area contributed by atoms with Crippen molar-refractivity contribution in [2.45, 2.75) is 45.1 Å². The van der Waals surface area contributed by atoms with Crippen molar-refractivity contribution in [2.24, 2.45) is 5.41 Å². The molecule has 0 spiro atoms. The minimum atomic E-state index is -1.22. The molecule has 1 aliphatic heterocycles. The zero-order chi connectivity index (χ0) is 11.5. The lowest BCUT2D eigenvalue weighted by atomic mass is 9.68. The first kappa shape index (κ1) is 12.5. The fourth-order valence-corrected chi connectivity index (χ4v) is 2.25. The van der Waals surface area contributed by atoms with Crippen molar-refractivity contribution < 1.29 is 19.7 Å². The second-order valence-corrected chi connectivity index (χ2v) is 4.57. The first-order valence-corrected chi connectivity index (χ1v) is 5.50. The highest BCUT2D eigenvalue weighted by Crippen LogP contribution is 2.41. The fourth-order valence-electron chi connectivity index (χ4n) is 2.25. The lowest BCUT2D eigenvalue weighted by molar-refractivity contribution is -0.189. The number of aliphatic carboxylic acids is 1. The SMILES string of the molecule is CCCC(C)(C(=O)O)C1(O)CCCOC1.